The molecule has 1 aromatic heterocycles. The molecule has 0 saturated carbocycles. The molecule has 4 nitrogen and oxygen atoms in total. The molecule has 5 heteroatoms. The van der Waals surface area contributed by atoms with Crippen LogP contribution in [0.4, 0.5) is 5.69 Å². The Labute approximate surface area is 118 Å². The van der Waals surface area contributed by atoms with Crippen LogP contribution in [0.3, 0.4) is 0 Å². The average Bonchev–Trinajstić information content (AvgIpc) is 2.32. The topological polar surface area (TPSA) is 62.0 Å². The molecule has 1 amide bonds. The quantitative estimate of drug-likeness (QED) is 0.815. The number of halogens is 1. The summed E-state index contributed by atoms with van der Waals surface area (Å²) in [4.78, 5) is 26.2. The molecule has 0 radical (unpaired) electrons. The predicted octanol–water partition coefficient (Wildman–Crippen LogP) is 2.54. The monoisotopic (exact) mass is 354 g/mol. The molecule has 0 aliphatic carbocycles. The van der Waals surface area contributed by atoms with Gasteiger partial charge in [-0.05, 0) is 53.8 Å². The van der Waals surface area contributed by atoms with Crippen LogP contribution in [-0.2, 0) is 0 Å². The van der Waals surface area contributed by atoms with Crippen molar-refractivity contribution in [3.63, 3.8) is 0 Å². The zero-order chi connectivity index (χ0) is 13.1. The normalized spacial score (nSPS) is 10.1. The van der Waals surface area contributed by atoms with Crippen molar-refractivity contribution in [2.45, 2.75) is 6.92 Å². The van der Waals surface area contributed by atoms with E-state index in [1.165, 1.54) is 6.07 Å². The molecule has 18 heavy (non-hydrogen) atoms. The summed E-state index contributed by atoms with van der Waals surface area (Å²) in [6, 6.07) is 10.6. The number of nitrogens with one attached hydrogen (secondary N) is 2. The standard InChI is InChI=1S/C13H11IN2O2/c1-8-6-7-9(12(17)15-8)13(18)16-11-5-3-2-4-10(11)14/h2-7H,1H3,(H,15,17)(H,16,18). The molecule has 1 aromatic carbocycles. The highest BCUT2D eigenvalue weighted by Gasteiger charge is 2.11. The number of amides is 1. The van der Waals surface area contributed by atoms with Crippen LogP contribution in [-0.4, -0.2) is 10.9 Å². The first-order valence-electron chi connectivity index (χ1n) is 5.34. The van der Waals surface area contributed by atoms with E-state index in [0.29, 0.717) is 5.69 Å². The van der Waals surface area contributed by atoms with E-state index in [0.717, 1.165) is 9.26 Å². The van der Waals surface area contributed by atoms with Crippen molar-refractivity contribution in [1.82, 2.24) is 4.98 Å². The Kier molecular flexibility index (Phi) is 3.81. The first-order chi connectivity index (χ1) is 8.58. The molecular weight excluding hydrogens is 343 g/mol. The highest BCUT2D eigenvalue weighted by atomic mass is 127. The molecule has 0 aliphatic rings. The fraction of sp³-hybridized carbons (Fsp3) is 0.0769. The van der Waals surface area contributed by atoms with Gasteiger partial charge < -0.3 is 10.3 Å². The SMILES string of the molecule is Cc1ccc(C(=O)Nc2ccccc2I)c(=O)[nH]1. The van der Waals surface area contributed by atoms with Crippen molar-refractivity contribution in [2.24, 2.45) is 0 Å². The van der Waals surface area contributed by atoms with E-state index < -0.39 is 5.91 Å². The molecular formula is C13H11IN2O2. The van der Waals surface area contributed by atoms with Crippen molar-refractivity contribution in [1.29, 1.82) is 0 Å². The summed E-state index contributed by atoms with van der Waals surface area (Å²) in [7, 11) is 0. The van der Waals surface area contributed by atoms with Gasteiger partial charge in [0.1, 0.15) is 5.56 Å². The number of H-pyrrole nitrogens is 1. The van der Waals surface area contributed by atoms with Crippen LogP contribution < -0.4 is 10.9 Å². The van der Waals surface area contributed by atoms with E-state index >= 15 is 0 Å². The maximum Gasteiger partial charge on any atom is 0.261 e. The molecule has 0 saturated heterocycles. The number of aromatic nitrogens is 1. The summed E-state index contributed by atoms with van der Waals surface area (Å²) in [5.41, 5.74) is 1.16. The number of carbonyl (C=O) groups excluding carboxylic acids is 1. The Hall–Kier alpha value is -1.63. The van der Waals surface area contributed by atoms with Crippen LogP contribution in [0.2, 0.25) is 0 Å². The van der Waals surface area contributed by atoms with Gasteiger partial charge in [0.05, 0.1) is 5.69 Å². The molecule has 0 aliphatic heterocycles. The van der Waals surface area contributed by atoms with E-state index in [9.17, 15) is 9.59 Å². The molecule has 0 unspecified atom stereocenters. The number of carbonyl (C=O) groups is 1. The van der Waals surface area contributed by atoms with Crippen LogP contribution in [0.25, 0.3) is 0 Å². The van der Waals surface area contributed by atoms with Gasteiger partial charge in [0, 0.05) is 9.26 Å². The Morgan fingerprint density at radius 3 is 2.61 bits per heavy atom. The number of benzene rings is 1. The largest absolute Gasteiger partial charge is 0.326 e. The van der Waals surface area contributed by atoms with E-state index in [4.69, 9.17) is 0 Å². The lowest BCUT2D eigenvalue weighted by atomic mass is 10.2. The number of aryl methyl sites for hydroxylation is 1. The Morgan fingerprint density at radius 2 is 1.94 bits per heavy atom. The van der Waals surface area contributed by atoms with Crippen molar-refractivity contribution in [3.05, 3.63) is 61.6 Å². The molecule has 0 atom stereocenters. The van der Waals surface area contributed by atoms with Crippen molar-refractivity contribution < 1.29 is 4.79 Å². The maximum absolute atomic E-state index is 12.0. The van der Waals surface area contributed by atoms with E-state index in [-0.39, 0.29) is 11.1 Å². The highest BCUT2D eigenvalue weighted by Crippen LogP contribution is 2.17. The van der Waals surface area contributed by atoms with Crippen molar-refractivity contribution in [3.8, 4) is 0 Å². The summed E-state index contributed by atoms with van der Waals surface area (Å²) < 4.78 is 0.923. The predicted molar refractivity (Wildman–Crippen MR) is 78.9 cm³/mol. The Bertz CT molecular complexity index is 649. The van der Waals surface area contributed by atoms with Crippen LogP contribution in [0, 0.1) is 10.5 Å². The number of rotatable bonds is 2. The number of anilines is 1. The number of hydrogen-bond acceptors (Lipinski definition) is 2. The van der Waals surface area contributed by atoms with E-state index in [1.807, 2.05) is 18.2 Å². The molecule has 92 valence electrons. The smallest absolute Gasteiger partial charge is 0.261 e. The zero-order valence-corrected chi connectivity index (χ0v) is 11.8. The van der Waals surface area contributed by atoms with Crippen LogP contribution in [0.5, 0.6) is 0 Å². The lowest BCUT2D eigenvalue weighted by Crippen LogP contribution is -2.23. The van der Waals surface area contributed by atoms with Gasteiger partial charge in [0.25, 0.3) is 11.5 Å². The molecule has 2 N–H and O–H groups in total. The summed E-state index contributed by atoms with van der Waals surface area (Å²) in [5.74, 6) is -0.402. The third-order valence-electron chi connectivity index (χ3n) is 2.42. The number of pyridine rings is 1. The lowest BCUT2D eigenvalue weighted by Gasteiger charge is -2.06. The number of aromatic amines is 1. The lowest BCUT2D eigenvalue weighted by molar-refractivity contribution is 0.102. The molecule has 0 spiro atoms. The van der Waals surface area contributed by atoms with Crippen LogP contribution in [0.1, 0.15) is 16.1 Å². The molecule has 0 bridgehead atoms. The highest BCUT2D eigenvalue weighted by molar-refractivity contribution is 14.1. The third-order valence-corrected chi connectivity index (χ3v) is 3.36. The van der Waals surface area contributed by atoms with Gasteiger partial charge in [-0.1, -0.05) is 12.1 Å². The minimum atomic E-state index is -0.402. The van der Waals surface area contributed by atoms with Gasteiger partial charge in [0.15, 0.2) is 0 Å². The Balaban J connectivity index is 2.28. The second kappa shape index (κ2) is 5.34. The van der Waals surface area contributed by atoms with Crippen LogP contribution >= 0.6 is 22.6 Å². The van der Waals surface area contributed by atoms with Crippen molar-refractivity contribution >= 4 is 34.2 Å². The number of hydrogen-bond donors (Lipinski definition) is 2. The van der Waals surface area contributed by atoms with Crippen LogP contribution in [0.15, 0.2) is 41.2 Å². The average molecular weight is 354 g/mol. The summed E-state index contributed by atoms with van der Waals surface area (Å²) in [6.07, 6.45) is 0. The third kappa shape index (κ3) is 2.79. The number of para-hydroxylation sites is 1. The Morgan fingerprint density at radius 1 is 1.22 bits per heavy atom. The van der Waals surface area contributed by atoms with Gasteiger partial charge in [-0.25, -0.2) is 0 Å². The zero-order valence-electron chi connectivity index (χ0n) is 9.66. The van der Waals surface area contributed by atoms with Gasteiger partial charge in [0.2, 0.25) is 0 Å². The minimum absolute atomic E-state index is 0.111. The molecule has 2 aromatic rings. The van der Waals surface area contributed by atoms with E-state index in [2.05, 4.69) is 32.9 Å². The van der Waals surface area contributed by atoms with Gasteiger partial charge in [-0.15, -0.1) is 0 Å². The minimum Gasteiger partial charge on any atom is -0.326 e. The van der Waals surface area contributed by atoms with E-state index in [1.54, 1.807) is 19.1 Å². The van der Waals surface area contributed by atoms with Gasteiger partial charge in [-0.3, -0.25) is 9.59 Å². The maximum atomic E-state index is 12.0. The molecule has 2 rings (SSSR count). The summed E-state index contributed by atoms with van der Waals surface area (Å²) in [6.45, 7) is 1.77. The molecule has 1 heterocycles. The summed E-state index contributed by atoms with van der Waals surface area (Å²) in [5, 5.41) is 2.72. The second-order valence-electron chi connectivity index (χ2n) is 3.82. The molecule has 0 fully saturated rings. The first-order valence-corrected chi connectivity index (χ1v) is 6.41. The van der Waals surface area contributed by atoms with Gasteiger partial charge >= 0.3 is 0 Å². The fourth-order valence-corrected chi connectivity index (χ4v) is 2.03. The van der Waals surface area contributed by atoms with Gasteiger partial charge in [-0.2, -0.15) is 0 Å². The van der Waals surface area contributed by atoms with Crippen molar-refractivity contribution in [2.75, 3.05) is 5.32 Å². The fourth-order valence-electron chi connectivity index (χ4n) is 1.50. The first kappa shape index (κ1) is 12.8. The second-order valence-corrected chi connectivity index (χ2v) is 4.98. The summed E-state index contributed by atoms with van der Waals surface area (Å²) >= 11 is 2.13.